The Hall–Kier alpha value is -2.72. The Kier molecular flexibility index (Phi) is 5.63. The molecule has 3 N–H and O–H groups in total. The number of benzene rings is 2. The molecule has 2 aromatic carbocycles. The fraction of sp³-hybridized carbons (Fsp3) is 0.360. The zero-order chi connectivity index (χ0) is 20.4. The van der Waals surface area contributed by atoms with Crippen molar-refractivity contribution >= 4 is 11.3 Å². The molecule has 4 nitrogen and oxygen atoms in total. The summed E-state index contributed by atoms with van der Waals surface area (Å²) in [5, 5.41) is 3.52. The first-order valence-corrected chi connectivity index (χ1v) is 10.5. The van der Waals surface area contributed by atoms with Gasteiger partial charge in [-0.25, -0.2) is 0 Å². The lowest BCUT2D eigenvalue weighted by molar-refractivity contribution is 0.197. The lowest BCUT2D eigenvalue weighted by Gasteiger charge is -2.24. The number of hydrogen-bond donors (Lipinski definition) is 2. The minimum absolute atomic E-state index is 0.0111. The Morgan fingerprint density at radius 1 is 1.21 bits per heavy atom. The molecule has 0 spiro atoms. The highest BCUT2D eigenvalue weighted by atomic mass is 16.5. The van der Waals surface area contributed by atoms with Crippen LogP contribution in [0.4, 0.5) is 0 Å². The second kappa shape index (κ2) is 8.34. The maximum Gasteiger partial charge on any atom is 0.126 e. The number of allylic oxidation sites excluding steroid dienone is 1. The van der Waals surface area contributed by atoms with Gasteiger partial charge in [-0.15, -0.1) is 0 Å². The van der Waals surface area contributed by atoms with Crippen molar-refractivity contribution in [2.24, 2.45) is 5.73 Å². The maximum atomic E-state index is 6.50. The van der Waals surface area contributed by atoms with Crippen LogP contribution < -0.4 is 15.8 Å². The van der Waals surface area contributed by atoms with Crippen LogP contribution in [0.5, 0.6) is 5.75 Å². The zero-order valence-corrected chi connectivity index (χ0v) is 17.7. The van der Waals surface area contributed by atoms with Crippen LogP contribution in [0.25, 0.3) is 11.3 Å². The Labute approximate surface area is 174 Å². The molecule has 1 unspecified atom stereocenters. The molecule has 4 rings (SSSR count). The molecule has 29 heavy (non-hydrogen) atoms. The van der Waals surface area contributed by atoms with Crippen molar-refractivity contribution in [3.8, 4) is 5.75 Å². The molecular weight excluding hydrogens is 358 g/mol. The topological polar surface area (TPSA) is 50.5 Å². The number of nitrogens with two attached hydrogens (primary N) is 1. The van der Waals surface area contributed by atoms with Gasteiger partial charge in [-0.05, 0) is 62.2 Å². The number of nitrogens with one attached hydrogen (secondary N) is 1. The average Bonchev–Trinajstić information content (AvgIpc) is 2.88. The second-order valence-corrected chi connectivity index (χ2v) is 8.24. The number of fused-ring (bicyclic) bond motifs is 1. The molecule has 0 amide bonds. The van der Waals surface area contributed by atoms with E-state index in [0.717, 1.165) is 55.2 Å². The molecule has 152 valence electrons. The fourth-order valence-corrected chi connectivity index (χ4v) is 4.20. The number of nitrogens with zero attached hydrogens (tertiary/aromatic N) is 1. The summed E-state index contributed by atoms with van der Waals surface area (Å²) in [6, 6.07) is 15.1. The number of likely N-dealkylation sites (N-methyl/N-ethyl adjacent to an activating group) is 1. The van der Waals surface area contributed by atoms with E-state index in [2.05, 4.69) is 66.7 Å². The summed E-state index contributed by atoms with van der Waals surface area (Å²) in [7, 11) is 2.17. The Bertz CT molecular complexity index is 956. The summed E-state index contributed by atoms with van der Waals surface area (Å²) >= 11 is 0. The normalized spacial score (nSPS) is 21.5. The molecule has 0 saturated carbocycles. The third-order valence-corrected chi connectivity index (χ3v) is 5.82. The van der Waals surface area contributed by atoms with Crippen LogP contribution in [0, 0.1) is 6.92 Å². The van der Waals surface area contributed by atoms with Crippen molar-refractivity contribution in [1.82, 2.24) is 10.2 Å². The van der Waals surface area contributed by atoms with Gasteiger partial charge in [0, 0.05) is 42.9 Å². The molecule has 2 aliphatic heterocycles. The van der Waals surface area contributed by atoms with Crippen molar-refractivity contribution in [3.63, 3.8) is 0 Å². The van der Waals surface area contributed by atoms with E-state index in [1.807, 2.05) is 13.0 Å². The van der Waals surface area contributed by atoms with E-state index < -0.39 is 0 Å². The number of rotatable bonds is 3. The van der Waals surface area contributed by atoms with Crippen LogP contribution in [0.2, 0.25) is 0 Å². The van der Waals surface area contributed by atoms with Crippen LogP contribution in [0.1, 0.15) is 48.1 Å². The molecule has 0 fully saturated rings. The van der Waals surface area contributed by atoms with E-state index in [9.17, 15) is 0 Å². The summed E-state index contributed by atoms with van der Waals surface area (Å²) in [6.45, 7) is 6.99. The van der Waals surface area contributed by atoms with E-state index in [-0.39, 0.29) is 6.10 Å². The van der Waals surface area contributed by atoms with Gasteiger partial charge in [0.05, 0.1) is 5.70 Å². The molecule has 2 aromatic rings. The van der Waals surface area contributed by atoms with Crippen molar-refractivity contribution in [3.05, 3.63) is 76.5 Å². The number of hydrogen-bond acceptors (Lipinski definition) is 4. The Balaban J connectivity index is 1.75. The van der Waals surface area contributed by atoms with Crippen LogP contribution >= 0.6 is 0 Å². The van der Waals surface area contributed by atoms with Crippen LogP contribution in [0.3, 0.4) is 0 Å². The Morgan fingerprint density at radius 2 is 2.07 bits per heavy atom. The van der Waals surface area contributed by atoms with Gasteiger partial charge in [-0.1, -0.05) is 30.3 Å². The van der Waals surface area contributed by atoms with E-state index in [0.29, 0.717) is 0 Å². The molecule has 0 radical (unpaired) electrons. The Morgan fingerprint density at radius 3 is 2.79 bits per heavy atom. The molecule has 4 heteroatoms. The van der Waals surface area contributed by atoms with Gasteiger partial charge in [0.2, 0.25) is 0 Å². The first-order chi connectivity index (χ1) is 14.0. The van der Waals surface area contributed by atoms with E-state index in [1.54, 1.807) is 0 Å². The van der Waals surface area contributed by atoms with Gasteiger partial charge < -0.3 is 20.7 Å². The van der Waals surface area contributed by atoms with Crippen LogP contribution in [0.15, 0.2) is 54.2 Å². The summed E-state index contributed by atoms with van der Waals surface area (Å²) < 4.78 is 6.50. The van der Waals surface area contributed by atoms with Gasteiger partial charge in [-0.3, -0.25) is 0 Å². The van der Waals surface area contributed by atoms with Crippen molar-refractivity contribution < 1.29 is 4.74 Å². The first-order valence-electron chi connectivity index (χ1n) is 10.5. The van der Waals surface area contributed by atoms with Gasteiger partial charge in [0.25, 0.3) is 0 Å². The highest BCUT2D eigenvalue weighted by Gasteiger charge is 2.25. The average molecular weight is 390 g/mol. The van der Waals surface area contributed by atoms with Crippen LogP contribution in [-0.4, -0.2) is 31.6 Å². The number of ether oxygens (including phenoxy) is 1. The molecular formula is C25H31N3O. The standard InChI is InChI=1S/C25H31N3O/c1-17-5-4-6-21(15-17)29-24-9-12-27-25(18(2)26)22-8-7-20(16-23(22)24)19-10-13-28(3)14-11-19/h4-8,10,15-16,24,27H,9,11-14,26H2,1-3H3/b25-18-. The smallest absolute Gasteiger partial charge is 0.126 e. The van der Waals surface area contributed by atoms with E-state index in [1.165, 1.54) is 22.3 Å². The largest absolute Gasteiger partial charge is 0.486 e. The van der Waals surface area contributed by atoms with Gasteiger partial charge in [0.15, 0.2) is 0 Å². The number of aryl methyl sites for hydroxylation is 1. The van der Waals surface area contributed by atoms with Crippen molar-refractivity contribution in [2.45, 2.75) is 32.8 Å². The summed E-state index contributed by atoms with van der Waals surface area (Å²) in [6.07, 6.45) is 4.31. The quantitative estimate of drug-likeness (QED) is 0.813. The predicted molar refractivity (Wildman–Crippen MR) is 120 cm³/mol. The summed E-state index contributed by atoms with van der Waals surface area (Å²) in [5.41, 5.74) is 14.4. The molecule has 1 atom stereocenters. The molecule has 2 aliphatic rings. The van der Waals surface area contributed by atoms with Gasteiger partial charge >= 0.3 is 0 Å². The monoisotopic (exact) mass is 389 g/mol. The predicted octanol–water partition coefficient (Wildman–Crippen LogP) is 4.47. The minimum atomic E-state index is -0.0111. The minimum Gasteiger partial charge on any atom is -0.486 e. The lowest BCUT2D eigenvalue weighted by Crippen LogP contribution is -2.23. The van der Waals surface area contributed by atoms with Gasteiger partial charge in [-0.2, -0.15) is 0 Å². The lowest BCUT2D eigenvalue weighted by atomic mass is 9.92. The van der Waals surface area contributed by atoms with E-state index >= 15 is 0 Å². The highest BCUT2D eigenvalue weighted by Crippen LogP contribution is 2.36. The molecule has 2 heterocycles. The molecule has 0 bridgehead atoms. The SMILES string of the molecule is C/C(N)=C1/NCCC(Oc2cccc(C)c2)c2cc(C3=CCN(C)CC3)ccc21. The highest BCUT2D eigenvalue weighted by molar-refractivity contribution is 5.74. The third-order valence-electron chi connectivity index (χ3n) is 5.82. The van der Waals surface area contributed by atoms with Crippen molar-refractivity contribution in [1.29, 1.82) is 0 Å². The second-order valence-electron chi connectivity index (χ2n) is 8.24. The van der Waals surface area contributed by atoms with Crippen LogP contribution in [-0.2, 0) is 0 Å². The fourth-order valence-electron chi connectivity index (χ4n) is 4.20. The third kappa shape index (κ3) is 4.33. The van der Waals surface area contributed by atoms with Crippen molar-refractivity contribution in [2.75, 3.05) is 26.7 Å². The first kappa shape index (κ1) is 19.6. The van der Waals surface area contributed by atoms with Gasteiger partial charge in [0.1, 0.15) is 11.9 Å². The molecule has 0 aromatic heterocycles. The summed E-state index contributed by atoms with van der Waals surface area (Å²) in [4.78, 5) is 2.35. The zero-order valence-electron chi connectivity index (χ0n) is 17.7. The van der Waals surface area contributed by atoms with E-state index in [4.69, 9.17) is 10.5 Å². The molecule has 0 aliphatic carbocycles. The molecule has 0 saturated heterocycles. The maximum absolute atomic E-state index is 6.50. The summed E-state index contributed by atoms with van der Waals surface area (Å²) in [5.74, 6) is 0.918.